The number of nitrogens with zero attached hydrogens (tertiary/aromatic N) is 1. The molecule has 1 fully saturated rings. The van der Waals surface area contributed by atoms with Crippen LogP contribution in [0.1, 0.15) is 52.9 Å². The van der Waals surface area contributed by atoms with Crippen molar-refractivity contribution in [3.05, 3.63) is 0 Å². The van der Waals surface area contributed by atoms with Crippen LogP contribution in [-0.2, 0) is 4.79 Å². The predicted molar refractivity (Wildman–Crippen MR) is 79.8 cm³/mol. The molecule has 2 N–H and O–H groups in total. The van der Waals surface area contributed by atoms with Crippen LogP contribution in [0.4, 0.5) is 0 Å². The van der Waals surface area contributed by atoms with Crippen LogP contribution in [0.3, 0.4) is 0 Å². The highest BCUT2D eigenvalue weighted by Gasteiger charge is 2.27. The molecule has 0 aromatic carbocycles. The summed E-state index contributed by atoms with van der Waals surface area (Å²) in [6.07, 6.45) is 6.23. The lowest BCUT2D eigenvalue weighted by Crippen LogP contribution is -2.46. The summed E-state index contributed by atoms with van der Waals surface area (Å²) in [6, 6.07) is 0.786. The zero-order valence-corrected chi connectivity index (χ0v) is 12.8. The average Bonchev–Trinajstić information content (AvgIpc) is 2.37. The Morgan fingerprint density at radius 1 is 1.28 bits per heavy atom. The maximum absolute atomic E-state index is 12.4. The number of hydrogen-bond donors (Lipinski definition) is 1. The van der Waals surface area contributed by atoms with Crippen molar-refractivity contribution in [2.75, 3.05) is 12.3 Å². The Labute approximate surface area is 116 Å². The van der Waals surface area contributed by atoms with Gasteiger partial charge in [0.25, 0.3) is 0 Å². The van der Waals surface area contributed by atoms with E-state index in [2.05, 4.69) is 25.7 Å². The fraction of sp³-hybridized carbons (Fsp3) is 0.929. The molecular weight excluding hydrogens is 244 g/mol. The second kappa shape index (κ2) is 8.05. The Hall–Kier alpha value is -0.220. The van der Waals surface area contributed by atoms with Gasteiger partial charge in [0.1, 0.15) is 0 Å². The molecule has 1 rings (SSSR count). The molecule has 1 atom stereocenters. The van der Waals surface area contributed by atoms with Crippen molar-refractivity contribution in [2.24, 2.45) is 5.73 Å². The second-order valence-electron chi connectivity index (χ2n) is 5.54. The Balaban J connectivity index is 2.52. The molecule has 3 nitrogen and oxygen atoms in total. The zero-order chi connectivity index (χ0) is 13.5. The largest absolute Gasteiger partial charge is 0.337 e. The number of rotatable bonds is 6. The van der Waals surface area contributed by atoms with Gasteiger partial charge in [-0.3, -0.25) is 4.79 Å². The monoisotopic (exact) mass is 272 g/mol. The second-order valence-corrected chi connectivity index (χ2v) is 6.97. The highest BCUT2D eigenvalue weighted by Crippen LogP contribution is 2.25. The summed E-state index contributed by atoms with van der Waals surface area (Å²) >= 11 is 1.68. The fourth-order valence-corrected chi connectivity index (χ4v) is 3.34. The summed E-state index contributed by atoms with van der Waals surface area (Å²) < 4.78 is 0. The van der Waals surface area contributed by atoms with Gasteiger partial charge in [-0.1, -0.05) is 26.2 Å². The van der Waals surface area contributed by atoms with Crippen molar-refractivity contribution >= 4 is 17.7 Å². The summed E-state index contributed by atoms with van der Waals surface area (Å²) in [5.41, 5.74) is 5.59. The first-order chi connectivity index (χ1) is 8.56. The lowest BCUT2D eigenvalue weighted by molar-refractivity contribution is -0.133. The predicted octanol–water partition coefficient (Wildman–Crippen LogP) is 2.64. The molecule has 0 bridgehead atoms. The average molecular weight is 272 g/mol. The maximum atomic E-state index is 12.4. The molecule has 0 saturated heterocycles. The lowest BCUT2D eigenvalue weighted by Gasteiger charge is -2.37. The molecule has 1 amide bonds. The van der Waals surface area contributed by atoms with E-state index in [0.29, 0.717) is 35.5 Å². The number of nitrogens with two attached hydrogens (primary N) is 1. The Bertz CT molecular complexity index is 252. The molecule has 0 radical (unpaired) electrons. The van der Waals surface area contributed by atoms with E-state index in [1.165, 1.54) is 32.1 Å². The van der Waals surface area contributed by atoms with Gasteiger partial charge in [0.15, 0.2) is 0 Å². The van der Waals surface area contributed by atoms with Crippen molar-refractivity contribution in [1.29, 1.82) is 0 Å². The first-order valence-corrected chi connectivity index (χ1v) is 8.24. The van der Waals surface area contributed by atoms with Crippen LogP contribution in [-0.4, -0.2) is 40.4 Å². The number of amides is 1. The van der Waals surface area contributed by atoms with Crippen molar-refractivity contribution in [1.82, 2.24) is 4.90 Å². The van der Waals surface area contributed by atoms with Crippen LogP contribution >= 0.6 is 11.8 Å². The normalized spacial score (nSPS) is 18.9. The van der Waals surface area contributed by atoms with E-state index in [-0.39, 0.29) is 0 Å². The first kappa shape index (κ1) is 15.8. The third-order valence-corrected chi connectivity index (χ3v) is 4.81. The minimum absolute atomic E-state index is 0.294. The molecule has 1 saturated carbocycles. The topological polar surface area (TPSA) is 46.3 Å². The Kier molecular flexibility index (Phi) is 7.08. The Morgan fingerprint density at radius 2 is 1.89 bits per heavy atom. The molecule has 0 aromatic rings. The SMILES string of the molecule is CC(CN)SCC(=O)N(C(C)C)C1CCCCC1. The van der Waals surface area contributed by atoms with Crippen LogP contribution in [0.2, 0.25) is 0 Å². The summed E-state index contributed by atoms with van der Waals surface area (Å²) in [6.45, 7) is 6.98. The summed E-state index contributed by atoms with van der Waals surface area (Å²) in [5.74, 6) is 0.870. The minimum atomic E-state index is 0.294. The van der Waals surface area contributed by atoms with Gasteiger partial charge in [0, 0.05) is 23.9 Å². The molecule has 106 valence electrons. The highest BCUT2D eigenvalue weighted by molar-refractivity contribution is 8.00. The van der Waals surface area contributed by atoms with E-state index in [0.717, 1.165) is 0 Å². The molecule has 4 heteroatoms. The van der Waals surface area contributed by atoms with Gasteiger partial charge in [0.2, 0.25) is 5.91 Å². The van der Waals surface area contributed by atoms with Gasteiger partial charge < -0.3 is 10.6 Å². The number of thioether (sulfide) groups is 1. The van der Waals surface area contributed by atoms with Crippen LogP contribution in [0, 0.1) is 0 Å². The molecule has 1 aliphatic carbocycles. The maximum Gasteiger partial charge on any atom is 0.233 e. The van der Waals surface area contributed by atoms with Gasteiger partial charge in [-0.25, -0.2) is 0 Å². The van der Waals surface area contributed by atoms with Crippen molar-refractivity contribution < 1.29 is 4.79 Å². The zero-order valence-electron chi connectivity index (χ0n) is 12.0. The number of carbonyl (C=O) groups excluding carboxylic acids is 1. The molecule has 1 unspecified atom stereocenters. The number of hydrogen-bond acceptors (Lipinski definition) is 3. The third-order valence-electron chi connectivity index (χ3n) is 3.64. The van der Waals surface area contributed by atoms with E-state index in [1.807, 2.05) is 0 Å². The summed E-state index contributed by atoms with van der Waals surface area (Å²) in [5, 5.41) is 0.370. The van der Waals surface area contributed by atoms with Gasteiger partial charge >= 0.3 is 0 Å². The van der Waals surface area contributed by atoms with Crippen molar-refractivity contribution in [3.8, 4) is 0 Å². The number of carbonyl (C=O) groups is 1. The molecule has 18 heavy (non-hydrogen) atoms. The van der Waals surface area contributed by atoms with Gasteiger partial charge in [-0.05, 0) is 26.7 Å². The van der Waals surface area contributed by atoms with Crippen LogP contribution in [0.5, 0.6) is 0 Å². The van der Waals surface area contributed by atoms with Crippen LogP contribution in [0.15, 0.2) is 0 Å². The van der Waals surface area contributed by atoms with Gasteiger partial charge in [0.05, 0.1) is 5.75 Å². The van der Waals surface area contributed by atoms with E-state index in [1.54, 1.807) is 11.8 Å². The van der Waals surface area contributed by atoms with E-state index < -0.39 is 0 Å². The molecular formula is C14H28N2OS. The quantitative estimate of drug-likeness (QED) is 0.808. The molecule has 0 spiro atoms. The molecule has 0 aliphatic heterocycles. The standard InChI is InChI=1S/C14H28N2OS/c1-11(2)16(13-7-5-4-6-8-13)14(17)10-18-12(3)9-15/h11-13H,4-10,15H2,1-3H3. The van der Waals surface area contributed by atoms with Crippen LogP contribution < -0.4 is 5.73 Å². The fourth-order valence-electron chi connectivity index (χ4n) is 2.63. The Morgan fingerprint density at radius 3 is 2.39 bits per heavy atom. The van der Waals surface area contributed by atoms with Gasteiger partial charge in [-0.2, -0.15) is 0 Å². The molecule has 0 aromatic heterocycles. The smallest absolute Gasteiger partial charge is 0.233 e. The lowest BCUT2D eigenvalue weighted by atomic mass is 9.93. The first-order valence-electron chi connectivity index (χ1n) is 7.19. The van der Waals surface area contributed by atoms with Gasteiger partial charge in [-0.15, -0.1) is 11.8 Å². The van der Waals surface area contributed by atoms with Crippen molar-refractivity contribution in [3.63, 3.8) is 0 Å². The van der Waals surface area contributed by atoms with E-state index in [9.17, 15) is 4.79 Å². The minimum Gasteiger partial charge on any atom is -0.337 e. The summed E-state index contributed by atoms with van der Waals surface area (Å²) in [7, 11) is 0. The van der Waals surface area contributed by atoms with Crippen LogP contribution in [0.25, 0.3) is 0 Å². The highest BCUT2D eigenvalue weighted by atomic mass is 32.2. The van der Waals surface area contributed by atoms with Crippen molar-refractivity contribution in [2.45, 2.75) is 70.2 Å². The third kappa shape index (κ3) is 4.81. The van der Waals surface area contributed by atoms with E-state index >= 15 is 0 Å². The molecule has 1 aliphatic rings. The van der Waals surface area contributed by atoms with E-state index in [4.69, 9.17) is 5.73 Å². The summed E-state index contributed by atoms with van der Waals surface area (Å²) in [4.78, 5) is 14.5. The molecule has 0 heterocycles.